The Bertz CT molecular complexity index is 715. The Morgan fingerprint density at radius 2 is 2.00 bits per heavy atom. The molecule has 2 heterocycles. The van der Waals surface area contributed by atoms with Crippen molar-refractivity contribution >= 4 is 11.7 Å². The summed E-state index contributed by atoms with van der Waals surface area (Å²) in [6, 6.07) is 13.9. The normalized spacial score (nSPS) is 20.4. The fourth-order valence-corrected chi connectivity index (χ4v) is 3.53. The number of pyridine rings is 1. The molecule has 0 saturated carbocycles. The Morgan fingerprint density at radius 1 is 1.24 bits per heavy atom. The van der Waals surface area contributed by atoms with E-state index in [4.69, 9.17) is 0 Å². The molecule has 1 aromatic heterocycles. The smallest absolute Gasteiger partial charge is 0.254 e. The van der Waals surface area contributed by atoms with Gasteiger partial charge in [-0.05, 0) is 30.5 Å². The second-order valence-corrected chi connectivity index (χ2v) is 6.93. The summed E-state index contributed by atoms with van der Waals surface area (Å²) in [6.45, 7) is 1.74. The Kier molecular flexibility index (Phi) is 5.04. The summed E-state index contributed by atoms with van der Waals surface area (Å²) in [4.78, 5) is 20.3. The highest BCUT2D eigenvalue weighted by atomic mass is 16.3. The van der Waals surface area contributed by atoms with Gasteiger partial charge in [-0.3, -0.25) is 4.79 Å². The number of anilines is 1. The van der Waals surface area contributed by atoms with Gasteiger partial charge in [-0.25, -0.2) is 4.98 Å². The Morgan fingerprint density at radius 3 is 2.60 bits per heavy atom. The van der Waals surface area contributed by atoms with Gasteiger partial charge < -0.3 is 14.9 Å². The summed E-state index contributed by atoms with van der Waals surface area (Å²) in [6.07, 6.45) is 3.59. The third-order valence-corrected chi connectivity index (χ3v) is 4.99. The number of rotatable bonds is 4. The highest BCUT2D eigenvalue weighted by Crippen LogP contribution is 2.35. The van der Waals surface area contributed by atoms with Crippen LogP contribution in [0.1, 0.15) is 28.8 Å². The van der Waals surface area contributed by atoms with E-state index in [1.165, 1.54) is 5.56 Å². The lowest BCUT2D eigenvalue weighted by Crippen LogP contribution is -2.48. The van der Waals surface area contributed by atoms with Crippen molar-refractivity contribution in [1.29, 1.82) is 0 Å². The lowest BCUT2D eigenvalue weighted by Gasteiger charge is -2.42. The fourth-order valence-electron chi connectivity index (χ4n) is 3.53. The molecule has 25 heavy (non-hydrogen) atoms. The predicted octanol–water partition coefficient (Wildman–Crippen LogP) is 2.31. The summed E-state index contributed by atoms with van der Waals surface area (Å²) in [5.41, 5.74) is 1.49. The minimum Gasteiger partial charge on any atom is -0.395 e. The average molecular weight is 339 g/mol. The van der Waals surface area contributed by atoms with Gasteiger partial charge in [-0.15, -0.1) is 0 Å². The van der Waals surface area contributed by atoms with Crippen LogP contribution in [0.3, 0.4) is 0 Å². The number of aliphatic hydroxyl groups excluding tert-OH is 1. The predicted molar refractivity (Wildman–Crippen MR) is 98.9 cm³/mol. The third-order valence-electron chi connectivity index (χ3n) is 4.99. The highest BCUT2D eigenvalue weighted by molar-refractivity contribution is 5.93. The molecule has 1 amide bonds. The average Bonchev–Trinajstić information content (AvgIpc) is 2.68. The van der Waals surface area contributed by atoms with E-state index in [0.717, 1.165) is 31.7 Å². The van der Waals surface area contributed by atoms with Crippen LogP contribution < -0.4 is 4.90 Å². The van der Waals surface area contributed by atoms with Crippen molar-refractivity contribution < 1.29 is 9.90 Å². The number of hydrogen-bond donors (Lipinski definition) is 1. The summed E-state index contributed by atoms with van der Waals surface area (Å²) in [5, 5.41) is 10.1. The van der Waals surface area contributed by atoms with Crippen molar-refractivity contribution in [2.24, 2.45) is 0 Å². The highest BCUT2D eigenvalue weighted by Gasteiger charge is 2.37. The van der Waals surface area contributed by atoms with Gasteiger partial charge in [0.05, 0.1) is 12.2 Å². The lowest BCUT2D eigenvalue weighted by molar-refractivity contribution is 0.0827. The Balaban J connectivity index is 1.82. The van der Waals surface area contributed by atoms with Gasteiger partial charge in [-0.2, -0.15) is 0 Å². The van der Waals surface area contributed by atoms with E-state index in [2.05, 4.69) is 22.0 Å². The van der Waals surface area contributed by atoms with E-state index in [9.17, 15) is 9.90 Å². The van der Waals surface area contributed by atoms with Crippen molar-refractivity contribution in [3.05, 3.63) is 59.8 Å². The molecule has 132 valence electrons. The second kappa shape index (κ2) is 7.23. The van der Waals surface area contributed by atoms with Crippen molar-refractivity contribution in [1.82, 2.24) is 9.88 Å². The first-order chi connectivity index (χ1) is 12.1. The van der Waals surface area contributed by atoms with E-state index in [1.54, 1.807) is 25.2 Å². The summed E-state index contributed by atoms with van der Waals surface area (Å²) >= 11 is 0. The molecule has 1 atom stereocenters. The molecule has 5 heteroatoms. The molecule has 0 aliphatic carbocycles. The maximum absolute atomic E-state index is 12.0. The molecule has 2 aromatic rings. The van der Waals surface area contributed by atoms with Crippen LogP contribution in [0.25, 0.3) is 0 Å². The van der Waals surface area contributed by atoms with E-state index in [1.807, 2.05) is 30.3 Å². The number of hydrogen-bond acceptors (Lipinski definition) is 4. The van der Waals surface area contributed by atoms with Crippen LogP contribution in [-0.2, 0) is 5.41 Å². The maximum Gasteiger partial charge on any atom is 0.254 e. The zero-order chi connectivity index (χ0) is 17.9. The van der Waals surface area contributed by atoms with Crippen LogP contribution in [0, 0.1) is 0 Å². The quantitative estimate of drug-likeness (QED) is 0.929. The van der Waals surface area contributed by atoms with Crippen molar-refractivity contribution in [2.45, 2.75) is 18.3 Å². The second-order valence-electron chi connectivity index (χ2n) is 6.93. The van der Waals surface area contributed by atoms with E-state index in [0.29, 0.717) is 5.56 Å². The first kappa shape index (κ1) is 17.4. The van der Waals surface area contributed by atoms with Crippen LogP contribution in [-0.4, -0.2) is 54.7 Å². The third kappa shape index (κ3) is 3.51. The number of nitrogens with zero attached hydrogens (tertiary/aromatic N) is 3. The largest absolute Gasteiger partial charge is 0.395 e. The molecule has 1 unspecified atom stereocenters. The van der Waals surface area contributed by atoms with Gasteiger partial charge in [0.15, 0.2) is 0 Å². The molecular formula is C20H25N3O2. The number of amides is 1. The molecule has 1 aliphatic heterocycles. The van der Waals surface area contributed by atoms with Crippen LogP contribution in [0.4, 0.5) is 5.82 Å². The van der Waals surface area contributed by atoms with Gasteiger partial charge in [0.25, 0.3) is 5.91 Å². The zero-order valence-corrected chi connectivity index (χ0v) is 14.9. The number of aliphatic hydroxyl groups is 1. The minimum atomic E-state index is -0.265. The molecule has 1 N–H and O–H groups in total. The SMILES string of the molecule is CN(C)C(=O)c1ccc(N2CCCC(CO)(c3ccccc3)C2)nc1. The molecular weight excluding hydrogens is 314 g/mol. The number of aromatic nitrogens is 1. The van der Waals surface area contributed by atoms with Crippen LogP contribution >= 0.6 is 0 Å². The zero-order valence-electron chi connectivity index (χ0n) is 14.9. The Hall–Kier alpha value is -2.40. The van der Waals surface area contributed by atoms with E-state index >= 15 is 0 Å². The fraction of sp³-hybridized carbons (Fsp3) is 0.400. The van der Waals surface area contributed by atoms with Gasteiger partial charge >= 0.3 is 0 Å². The minimum absolute atomic E-state index is 0.0494. The summed E-state index contributed by atoms with van der Waals surface area (Å²) in [7, 11) is 3.46. The molecule has 0 radical (unpaired) electrons. The van der Waals surface area contributed by atoms with Crippen LogP contribution in [0.5, 0.6) is 0 Å². The summed E-state index contributed by atoms with van der Waals surface area (Å²) < 4.78 is 0. The van der Waals surface area contributed by atoms with Crippen molar-refractivity contribution in [2.75, 3.05) is 38.7 Å². The monoisotopic (exact) mass is 339 g/mol. The standard InChI is InChI=1S/C20H25N3O2/c1-22(2)19(25)16-9-10-18(21-13-16)23-12-6-11-20(14-23,15-24)17-7-4-3-5-8-17/h3-5,7-10,13,24H,6,11-12,14-15H2,1-2H3. The van der Waals surface area contributed by atoms with Crippen molar-refractivity contribution in [3.63, 3.8) is 0 Å². The molecule has 3 rings (SSSR count). The van der Waals surface area contributed by atoms with Gasteiger partial charge in [0.2, 0.25) is 0 Å². The lowest BCUT2D eigenvalue weighted by atomic mass is 9.75. The van der Waals surface area contributed by atoms with Gasteiger partial charge in [0, 0.05) is 38.8 Å². The first-order valence-electron chi connectivity index (χ1n) is 8.65. The molecule has 1 fully saturated rings. The van der Waals surface area contributed by atoms with Crippen molar-refractivity contribution in [3.8, 4) is 0 Å². The molecule has 5 nitrogen and oxygen atoms in total. The summed E-state index contributed by atoms with van der Waals surface area (Å²) in [5.74, 6) is 0.801. The number of carbonyl (C=O) groups is 1. The molecule has 1 aromatic carbocycles. The molecule has 1 saturated heterocycles. The number of piperidine rings is 1. The van der Waals surface area contributed by atoms with Crippen LogP contribution in [0.2, 0.25) is 0 Å². The Labute approximate surface area is 148 Å². The van der Waals surface area contributed by atoms with E-state index < -0.39 is 0 Å². The van der Waals surface area contributed by atoms with Gasteiger partial charge in [-0.1, -0.05) is 30.3 Å². The van der Waals surface area contributed by atoms with E-state index in [-0.39, 0.29) is 17.9 Å². The molecule has 0 spiro atoms. The first-order valence-corrected chi connectivity index (χ1v) is 8.65. The number of benzene rings is 1. The number of carbonyl (C=O) groups excluding carboxylic acids is 1. The molecule has 0 bridgehead atoms. The maximum atomic E-state index is 12.0. The van der Waals surface area contributed by atoms with Crippen LogP contribution in [0.15, 0.2) is 48.7 Å². The topological polar surface area (TPSA) is 56.7 Å². The van der Waals surface area contributed by atoms with Gasteiger partial charge in [0.1, 0.15) is 5.82 Å². The molecule has 1 aliphatic rings.